The second kappa shape index (κ2) is 9.57. The average molecular weight is 431 g/mol. The number of nitrogens with zero attached hydrogens (tertiary/aromatic N) is 4. The molecule has 0 saturated carbocycles. The molecular weight excluding hydrogens is 410 g/mol. The number of rotatable bonds is 6. The predicted octanol–water partition coefficient (Wildman–Crippen LogP) is 2.50. The molecular formula is C23H21N5O4. The highest BCUT2D eigenvalue weighted by molar-refractivity contribution is 5.95. The van der Waals surface area contributed by atoms with Gasteiger partial charge in [-0.1, -0.05) is 17.7 Å². The van der Waals surface area contributed by atoms with Gasteiger partial charge in [0.15, 0.2) is 5.69 Å². The van der Waals surface area contributed by atoms with Crippen LogP contribution in [0.4, 0.5) is 0 Å². The Kier molecular flexibility index (Phi) is 6.65. The van der Waals surface area contributed by atoms with E-state index in [0.29, 0.717) is 22.7 Å². The Morgan fingerprint density at radius 1 is 1.16 bits per heavy atom. The number of hydrogen-bond acceptors (Lipinski definition) is 7. The van der Waals surface area contributed by atoms with E-state index in [1.807, 2.05) is 13.0 Å². The molecule has 0 radical (unpaired) electrons. The fraction of sp³-hybridized carbons (Fsp3) is 0.174. The lowest BCUT2D eigenvalue weighted by molar-refractivity contribution is 0.0947. The number of ether oxygens (including phenoxy) is 2. The van der Waals surface area contributed by atoms with Crippen molar-refractivity contribution in [2.45, 2.75) is 13.8 Å². The summed E-state index contributed by atoms with van der Waals surface area (Å²) in [7, 11) is 3.05. The number of hydrogen-bond donors (Lipinski definition) is 1. The largest absolute Gasteiger partial charge is 0.497 e. The number of hydrazone groups is 1. The van der Waals surface area contributed by atoms with E-state index in [2.05, 4.69) is 15.6 Å². The van der Waals surface area contributed by atoms with Crippen molar-refractivity contribution in [2.75, 3.05) is 14.2 Å². The van der Waals surface area contributed by atoms with Crippen molar-refractivity contribution in [3.05, 3.63) is 80.8 Å². The summed E-state index contributed by atoms with van der Waals surface area (Å²) >= 11 is 0. The lowest BCUT2D eigenvalue weighted by Gasteiger charge is -2.11. The number of benzene rings is 2. The molecule has 0 aliphatic carbocycles. The van der Waals surface area contributed by atoms with Crippen LogP contribution in [-0.2, 0) is 0 Å². The van der Waals surface area contributed by atoms with Crippen LogP contribution in [0.3, 0.4) is 0 Å². The summed E-state index contributed by atoms with van der Waals surface area (Å²) in [5, 5.41) is 17.6. The Morgan fingerprint density at radius 2 is 1.88 bits per heavy atom. The minimum Gasteiger partial charge on any atom is -0.497 e. The number of carbonyl (C=O) groups excluding carboxylic acids is 1. The lowest BCUT2D eigenvalue weighted by atomic mass is 10.1. The van der Waals surface area contributed by atoms with Crippen molar-refractivity contribution in [1.82, 2.24) is 15.2 Å². The summed E-state index contributed by atoms with van der Waals surface area (Å²) < 4.78 is 11.5. The lowest BCUT2D eigenvalue weighted by Crippen LogP contribution is -2.31. The summed E-state index contributed by atoms with van der Waals surface area (Å²) in [4.78, 5) is 25.5. The first-order valence-electron chi connectivity index (χ1n) is 9.56. The van der Waals surface area contributed by atoms with Gasteiger partial charge in [-0.05, 0) is 44.2 Å². The van der Waals surface area contributed by atoms with E-state index >= 15 is 0 Å². The Balaban J connectivity index is 1.96. The molecule has 1 N–H and O–H groups in total. The van der Waals surface area contributed by atoms with Gasteiger partial charge in [0.05, 0.1) is 26.1 Å². The number of amides is 1. The smallest absolute Gasteiger partial charge is 0.292 e. The first-order chi connectivity index (χ1) is 15.4. The summed E-state index contributed by atoms with van der Waals surface area (Å²) in [6, 6.07) is 14.0. The number of methoxy groups -OCH3 is 2. The molecule has 0 aliphatic heterocycles. The monoisotopic (exact) mass is 431 g/mol. The maximum Gasteiger partial charge on any atom is 0.292 e. The number of nitriles is 1. The van der Waals surface area contributed by atoms with Gasteiger partial charge < -0.3 is 9.47 Å². The van der Waals surface area contributed by atoms with Crippen LogP contribution in [0, 0.1) is 25.2 Å². The zero-order chi connectivity index (χ0) is 23.3. The molecule has 0 saturated heterocycles. The molecule has 1 amide bonds. The van der Waals surface area contributed by atoms with E-state index < -0.39 is 11.5 Å². The van der Waals surface area contributed by atoms with Crippen molar-refractivity contribution >= 4 is 12.1 Å². The van der Waals surface area contributed by atoms with Crippen molar-refractivity contribution < 1.29 is 14.3 Å². The molecule has 3 aromatic rings. The molecule has 0 bridgehead atoms. The molecule has 9 heteroatoms. The quantitative estimate of drug-likeness (QED) is 0.473. The summed E-state index contributed by atoms with van der Waals surface area (Å²) in [5.74, 6) is 0.468. The van der Waals surface area contributed by atoms with Gasteiger partial charge in [-0.2, -0.15) is 20.1 Å². The van der Waals surface area contributed by atoms with Gasteiger partial charge in [0.25, 0.3) is 11.5 Å². The van der Waals surface area contributed by atoms with Gasteiger partial charge in [-0.3, -0.25) is 9.59 Å². The molecule has 1 heterocycles. The van der Waals surface area contributed by atoms with Crippen molar-refractivity contribution in [1.29, 1.82) is 5.26 Å². The van der Waals surface area contributed by atoms with Crippen LogP contribution in [0.25, 0.3) is 5.69 Å². The van der Waals surface area contributed by atoms with Gasteiger partial charge >= 0.3 is 0 Å². The molecule has 9 nitrogen and oxygen atoms in total. The molecule has 32 heavy (non-hydrogen) atoms. The van der Waals surface area contributed by atoms with Gasteiger partial charge in [-0.25, -0.2) is 5.43 Å². The van der Waals surface area contributed by atoms with E-state index in [1.54, 1.807) is 42.5 Å². The Bertz CT molecular complexity index is 1290. The highest BCUT2D eigenvalue weighted by Crippen LogP contribution is 2.22. The van der Waals surface area contributed by atoms with Crippen LogP contribution < -0.4 is 20.5 Å². The fourth-order valence-corrected chi connectivity index (χ4v) is 2.97. The van der Waals surface area contributed by atoms with E-state index in [-0.39, 0.29) is 16.8 Å². The van der Waals surface area contributed by atoms with Crippen LogP contribution in [0.2, 0.25) is 0 Å². The molecule has 0 fully saturated rings. The van der Waals surface area contributed by atoms with Crippen LogP contribution in [0.1, 0.15) is 32.7 Å². The third kappa shape index (κ3) is 4.49. The van der Waals surface area contributed by atoms with Gasteiger partial charge in [-0.15, -0.1) is 0 Å². The van der Waals surface area contributed by atoms with Crippen LogP contribution >= 0.6 is 0 Å². The maximum atomic E-state index is 12.8. The second-order valence-corrected chi connectivity index (χ2v) is 6.82. The number of carbonyl (C=O) groups is 1. The van der Waals surface area contributed by atoms with Crippen molar-refractivity contribution in [3.8, 4) is 23.3 Å². The van der Waals surface area contributed by atoms with Crippen molar-refractivity contribution in [3.63, 3.8) is 0 Å². The first kappa shape index (κ1) is 22.2. The zero-order valence-corrected chi connectivity index (χ0v) is 18.0. The SMILES string of the molecule is COc1ccc(OC)c(/C=N/NC(=O)c2nn(-c3ccc(C)cc3)c(=O)c(C#N)c2C)c1. The van der Waals surface area contributed by atoms with Gasteiger partial charge in [0.2, 0.25) is 0 Å². The number of nitrogens with one attached hydrogen (secondary N) is 1. The van der Waals surface area contributed by atoms with Crippen molar-refractivity contribution in [2.24, 2.45) is 5.10 Å². The zero-order valence-electron chi connectivity index (χ0n) is 18.0. The standard InChI is InChI=1S/C23H21N5O4/c1-14-5-7-17(8-6-14)28-23(30)19(12-24)15(2)21(27-28)22(29)26-25-13-16-11-18(31-3)9-10-20(16)32-4/h5-11,13H,1-4H3,(H,26,29)/b25-13+. The average Bonchev–Trinajstić information content (AvgIpc) is 2.80. The Morgan fingerprint density at radius 3 is 2.50 bits per heavy atom. The molecule has 0 spiro atoms. The van der Waals surface area contributed by atoms with E-state index in [4.69, 9.17) is 9.47 Å². The predicted molar refractivity (Wildman–Crippen MR) is 119 cm³/mol. The molecule has 0 atom stereocenters. The first-order valence-corrected chi connectivity index (χ1v) is 9.56. The minimum absolute atomic E-state index is 0.0866. The van der Waals surface area contributed by atoms with E-state index in [0.717, 1.165) is 10.2 Å². The van der Waals surface area contributed by atoms with E-state index in [9.17, 15) is 14.9 Å². The summed E-state index contributed by atoms with van der Waals surface area (Å²) in [6.07, 6.45) is 1.40. The van der Waals surface area contributed by atoms with E-state index in [1.165, 1.54) is 27.4 Å². The number of aromatic nitrogens is 2. The van der Waals surface area contributed by atoms with Crippen LogP contribution in [-0.4, -0.2) is 36.1 Å². The molecule has 162 valence electrons. The highest BCUT2D eigenvalue weighted by atomic mass is 16.5. The van der Waals surface area contributed by atoms with Gasteiger partial charge in [0, 0.05) is 11.1 Å². The summed E-state index contributed by atoms with van der Waals surface area (Å²) in [6.45, 7) is 3.40. The molecule has 0 unspecified atom stereocenters. The minimum atomic E-state index is -0.669. The maximum absolute atomic E-state index is 12.8. The number of aryl methyl sites for hydroxylation is 1. The van der Waals surface area contributed by atoms with Crippen LogP contribution in [0.15, 0.2) is 52.4 Å². The topological polar surface area (TPSA) is 119 Å². The normalized spacial score (nSPS) is 10.6. The Hall–Kier alpha value is -4.45. The van der Waals surface area contributed by atoms with Crippen LogP contribution in [0.5, 0.6) is 11.5 Å². The summed E-state index contributed by atoms with van der Waals surface area (Å²) in [5.41, 5.74) is 3.72. The van der Waals surface area contributed by atoms with Gasteiger partial charge in [0.1, 0.15) is 23.1 Å². The third-order valence-corrected chi connectivity index (χ3v) is 4.75. The highest BCUT2D eigenvalue weighted by Gasteiger charge is 2.20. The second-order valence-electron chi connectivity index (χ2n) is 6.82. The molecule has 3 rings (SSSR count). The molecule has 1 aromatic heterocycles. The third-order valence-electron chi connectivity index (χ3n) is 4.75. The fourth-order valence-electron chi connectivity index (χ4n) is 2.97. The Labute approximate surface area is 184 Å². The molecule has 0 aliphatic rings. The molecule has 2 aromatic carbocycles.